The van der Waals surface area contributed by atoms with E-state index in [-0.39, 0.29) is 28.1 Å². The second-order valence-corrected chi connectivity index (χ2v) is 6.64. The first kappa shape index (κ1) is 21.1. The maximum absolute atomic E-state index is 14.4. The number of aromatic nitrogens is 5. The third-order valence-electron chi connectivity index (χ3n) is 4.38. The van der Waals surface area contributed by atoms with Crippen LogP contribution in [-0.4, -0.2) is 48.7 Å². The van der Waals surface area contributed by atoms with Crippen LogP contribution in [0.2, 0.25) is 0 Å². The maximum atomic E-state index is 14.4. The molecule has 1 atom stereocenters. The summed E-state index contributed by atoms with van der Waals surface area (Å²) in [5.74, 6) is -1.33. The van der Waals surface area contributed by atoms with Gasteiger partial charge in [-0.2, -0.15) is 10.2 Å². The van der Waals surface area contributed by atoms with Gasteiger partial charge < -0.3 is 14.9 Å². The predicted molar refractivity (Wildman–Crippen MR) is 108 cm³/mol. The van der Waals surface area contributed by atoms with E-state index in [0.717, 1.165) is 0 Å². The number of benzene rings is 1. The van der Waals surface area contributed by atoms with Gasteiger partial charge in [-0.1, -0.05) is 21.8 Å². The standard InChI is InChI=1S/C20H17F2N7O3/c1-12(30)20(31)24-11-28(22)18-6-8-23-19(25-18)15-10-17(14-7-9-32-27-14)29(26-15)16-5-3-2-4-13(16)21/h2-10,12,30H,11H2,1H3,(H,24,31). The Hall–Kier alpha value is -4.19. The maximum Gasteiger partial charge on any atom is 0.250 e. The van der Waals surface area contributed by atoms with Crippen molar-refractivity contribution in [1.29, 1.82) is 0 Å². The molecule has 0 bridgehead atoms. The van der Waals surface area contributed by atoms with E-state index in [1.54, 1.807) is 30.3 Å². The molecule has 0 aliphatic carbocycles. The van der Waals surface area contributed by atoms with Crippen molar-refractivity contribution in [2.24, 2.45) is 0 Å². The number of carbonyl (C=O) groups excluding carboxylic acids is 1. The Morgan fingerprint density at radius 1 is 1.28 bits per heavy atom. The molecule has 0 aliphatic heterocycles. The lowest BCUT2D eigenvalue weighted by Gasteiger charge is -2.14. The number of anilines is 1. The molecule has 1 aromatic carbocycles. The molecule has 32 heavy (non-hydrogen) atoms. The number of halogens is 2. The van der Waals surface area contributed by atoms with E-state index in [1.165, 1.54) is 36.2 Å². The van der Waals surface area contributed by atoms with Crippen molar-refractivity contribution in [3.8, 4) is 28.6 Å². The summed E-state index contributed by atoms with van der Waals surface area (Å²) in [5.41, 5.74) is 1.21. The average Bonchev–Trinajstić information content (AvgIpc) is 3.47. The SMILES string of the molecule is CC(O)C(=O)NCN(F)c1ccnc(-c2cc(-c3ccon3)n(-c3ccccc3F)n2)n1. The first-order valence-electron chi connectivity index (χ1n) is 9.42. The number of amides is 1. The number of hydrogen-bond acceptors (Lipinski definition) is 8. The third-order valence-corrected chi connectivity index (χ3v) is 4.38. The van der Waals surface area contributed by atoms with Gasteiger partial charge >= 0.3 is 0 Å². The fraction of sp³-hybridized carbons (Fsp3) is 0.150. The van der Waals surface area contributed by atoms with Gasteiger partial charge in [-0.3, -0.25) is 4.79 Å². The molecule has 3 aromatic heterocycles. The average molecular weight is 441 g/mol. The van der Waals surface area contributed by atoms with Gasteiger partial charge in [0.15, 0.2) is 11.6 Å². The van der Waals surface area contributed by atoms with E-state index in [4.69, 9.17) is 4.52 Å². The Bertz CT molecular complexity index is 1230. The molecule has 10 nitrogen and oxygen atoms in total. The van der Waals surface area contributed by atoms with Crippen LogP contribution in [0.4, 0.5) is 14.7 Å². The highest BCUT2D eigenvalue weighted by atomic mass is 19.2. The molecule has 4 rings (SSSR count). The van der Waals surface area contributed by atoms with Gasteiger partial charge in [0.1, 0.15) is 41.9 Å². The molecule has 164 valence electrons. The number of aliphatic hydroxyl groups is 1. The van der Waals surface area contributed by atoms with Crippen molar-refractivity contribution in [3.05, 3.63) is 60.7 Å². The quantitative estimate of drug-likeness (QED) is 0.331. The Morgan fingerprint density at radius 2 is 2.09 bits per heavy atom. The van der Waals surface area contributed by atoms with Crippen LogP contribution in [0.15, 0.2) is 59.4 Å². The van der Waals surface area contributed by atoms with Crippen LogP contribution in [0.5, 0.6) is 0 Å². The Labute approximate surface area is 180 Å². The number of nitrogens with zero attached hydrogens (tertiary/aromatic N) is 6. The molecule has 1 amide bonds. The van der Waals surface area contributed by atoms with Gasteiger partial charge in [0.25, 0.3) is 0 Å². The lowest BCUT2D eigenvalue weighted by molar-refractivity contribution is -0.128. The molecule has 2 N–H and O–H groups in total. The van der Waals surface area contributed by atoms with Crippen LogP contribution in [0.25, 0.3) is 28.6 Å². The highest BCUT2D eigenvalue weighted by molar-refractivity contribution is 5.80. The van der Waals surface area contributed by atoms with Crippen molar-refractivity contribution >= 4 is 11.7 Å². The number of carbonyl (C=O) groups is 1. The normalized spacial score (nSPS) is 11.9. The number of nitrogens with one attached hydrogen (secondary N) is 1. The number of hydrogen-bond donors (Lipinski definition) is 2. The summed E-state index contributed by atoms with van der Waals surface area (Å²) in [4.78, 5) is 19.7. The highest BCUT2D eigenvalue weighted by Gasteiger charge is 2.20. The summed E-state index contributed by atoms with van der Waals surface area (Å²) in [6.07, 6.45) is 1.41. The molecule has 0 spiro atoms. The van der Waals surface area contributed by atoms with Crippen LogP contribution in [0, 0.1) is 5.82 Å². The Kier molecular flexibility index (Phi) is 5.85. The molecule has 12 heteroatoms. The van der Waals surface area contributed by atoms with Crippen molar-refractivity contribution in [1.82, 2.24) is 30.2 Å². The van der Waals surface area contributed by atoms with E-state index >= 15 is 0 Å². The summed E-state index contributed by atoms with van der Waals surface area (Å²) < 4.78 is 35.1. The molecular weight excluding hydrogens is 424 g/mol. The number of rotatable bonds is 7. The number of aliphatic hydroxyl groups excluding tert-OH is 1. The van der Waals surface area contributed by atoms with E-state index < -0.39 is 24.5 Å². The zero-order valence-corrected chi connectivity index (χ0v) is 16.7. The molecule has 3 heterocycles. The van der Waals surface area contributed by atoms with E-state index in [1.807, 2.05) is 0 Å². The molecule has 0 radical (unpaired) electrons. The third kappa shape index (κ3) is 4.30. The number of para-hydroxylation sites is 1. The van der Waals surface area contributed by atoms with Crippen LogP contribution in [-0.2, 0) is 4.79 Å². The summed E-state index contributed by atoms with van der Waals surface area (Å²) in [7, 11) is 0. The second kappa shape index (κ2) is 8.89. The van der Waals surface area contributed by atoms with Crippen molar-refractivity contribution in [3.63, 3.8) is 0 Å². The van der Waals surface area contributed by atoms with Crippen molar-refractivity contribution in [2.45, 2.75) is 13.0 Å². The Morgan fingerprint density at radius 3 is 2.81 bits per heavy atom. The molecule has 0 saturated heterocycles. The van der Waals surface area contributed by atoms with Gasteiger partial charge in [0.2, 0.25) is 5.91 Å². The van der Waals surface area contributed by atoms with Crippen molar-refractivity contribution in [2.75, 3.05) is 11.8 Å². The smallest absolute Gasteiger partial charge is 0.250 e. The zero-order chi connectivity index (χ0) is 22.7. The topological polar surface area (TPSA) is 122 Å². The van der Waals surface area contributed by atoms with E-state index in [0.29, 0.717) is 11.4 Å². The molecular formula is C20H17F2N7O3. The highest BCUT2D eigenvalue weighted by Crippen LogP contribution is 2.28. The molecule has 4 aromatic rings. The predicted octanol–water partition coefficient (Wildman–Crippen LogP) is 2.27. The molecule has 0 saturated carbocycles. The zero-order valence-electron chi connectivity index (χ0n) is 16.7. The minimum absolute atomic E-state index is 0.0619. The summed E-state index contributed by atoms with van der Waals surface area (Å²) in [6, 6.07) is 10.5. The van der Waals surface area contributed by atoms with Crippen LogP contribution in [0.1, 0.15) is 6.92 Å². The van der Waals surface area contributed by atoms with E-state index in [9.17, 15) is 18.8 Å². The Balaban J connectivity index is 1.69. The van der Waals surface area contributed by atoms with E-state index in [2.05, 4.69) is 25.5 Å². The fourth-order valence-electron chi connectivity index (χ4n) is 2.81. The molecule has 1 unspecified atom stereocenters. The van der Waals surface area contributed by atoms with Crippen molar-refractivity contribution < 1.29 is 23.3 Å². The van der Waals surface area contributed by atoms with Crippen LogP contribution < -0.4 is 10.4 Å². The largest absolute Gasteiger partial charge is 0.384 e. The summed E-state index contributed by atoms with van der Waals surface area (Å²) >= 11 is 0. The van der Waals surface area contributed by atoms with Gasteiger partial charge in [-0.25, -0.2) is 19.0 Å². The second-order valence-electron chi connectivity index (χ2n) is 6.64. The first-order valence-corrected chi connectivity index (χ1v) is 9.42. The lowest BCUT2D eigenvalue weighted by atomic mass is 10.2. The summed E-state index contributed by atoms with van der Waals surface area (Å²) in [5, 5.41) is 19.9. The van der Waals surface area contributed by atoms with Crippen LogP contribution >= 0.6 is 0 Å². The van der Waals surface area contributed by atoms with Crippen LogP contribution in [0.3, 0.4) is 0 Å². The lowest BCUT2D eigenvalue weighted by Crippen LogP contribution is -2.38. The molecule has 0 aliphatic rings. The first-order chi connectivity index (χ1) is 15.4. The van der Waals surface area contributed by atoms with Gasteiger partial charge in [0, 0.05) is 18.3 Å². The monoisotopic (exact) mass is 441 g/mol. The fourth-order valence-corrected chi connectivity index (χ4v) is 2.81. The van der Waals surface area contributed by atoms with Gasteiger partial charge in [-0.15, -0.1) is 0 Å². The van der Waals surface area contributed by atoms with Gasteiger partial charge in [0.05, 0.1) is 5.69 Å². The summed E-state index contributed by atoms with van der Waals surface area (Å²) in [6.45, 7) is 0.729. The minimum Gasteiger partial charge on any atom is -0.384 e. The minimum atomic E-state index is -1.28. The molecule has 0 fully saturated rings. The van der Waals surface area contributed by atoms with Gasteiger partial charge in [-0.05, 0) is 25.1 Å².